The lowest BCUT2D eigenvalue weighted by atomic mass is 9.97. The lowest BCUT2D eigenvalue weighted by Gasteiger charge is -2.33. The lowest BCUT2D eigenvalue weighted by Crippen LogP contribution is -2.49. The molecule has 0 bridgehead atoms. The summed E-state index contributed by atoms with van der Waals surface area (Å²) in [5.41, 5.74) is 0. The predicted octanol–water partition coefficient (Wildman–Crippen LogP) is -0.132. The Bertz CT molecular complexity index is 444. The largest absolute Gasteiger partial charge is 0.353 e. The number of carbonyl (C=O) groups excluding carboxylic acids is 1. The number of sulfonamides is 1. The van der Waals surface area contributed by atoms with E-state index in [1.807, 2.05) is 0 Å². The molecule has 2 saturated heterocycles. The summed E-state index contributed by atoms with van der Waals surface area (Å²) in [5.74, 6) is -0.175. The Hall–Kier alpha value is -0.660. The van der Waals surface area contributed by atoms with Crippen LogP contribution in [0.15, 0.2) is 0 Å². The van der Waals surface area contributed by atoms with Crippen molar-refractivity contribution in [3.8, 4) is 0 Å². The van der Waals surface area contributed by atoms with Crippen molar-refractivity contribution in [3.63, 3.8) is 0 Å². The number of likely N-dealkylation sites (tertiary alicyclic amines) is 1. The molecule has 0 spiro atoms. The second-order valence-corrected chi connectivity index (χ2v) is 8.03. The van der Waals surface area contributed by atoms with Gasteiger partial charge in [-0.3, -0.25) is 4.79 Å². The highest BCUT2D eigenvalue weighted by atomic mass is 32.2. The van der Waals surface area contributed by atoms with Crippen LogP contribution in [-0.2, 0) is 14.8 Å². The Morgan fingerprint density at radius 1 is 1.15 bits per heavy atom. The Labute approximate surface area is 121 Å². The van der Waals surface area contributed by atoms with Gasteiger partial charge in [-0.1, -0.05) is 0 Å². The number of hydrogen-bond acceptors (Lipinski definition) is 4. The summed E-state index contributed by atoms with van der Waals surface area (Å²) in [6, 6.07) is 0.243. The van der Waals surface area contributed by atoms with Gasteiger partial charge in [0.05, 0.1) is 12.2 Å². The maximum Gasteiger partial charge on any atom is 0.224 e. The summed E-state index contributed by atoms with van der Waals surface area (Å²) in [6.45, 7) is 2.88. The van der Waals surface area contributed by atoms with Crippen molar-refractivity contribution in [2.24, 2.45) is 5.92 Å². The molecule has 2 aliphatic rings. The second-order valence-electron chi connectivity index (χ2n) is 6.05. The number of hydrogen-bond donors (Lipinski definition) is 1. The van der Waals surface area contributed by atoms with E-state index in [2.05, 4.69) is 17.3 Å². The van der Waals surface area contributed by atoms with Crippen LogP contribution in [0, 0.1) is 5.92 Å². The zero-order valence-electron chi connectivity index (χ0n) is 12.3. The zero-order chi connectivity index (χ0) is 14.8. The van der Waals surface area contributed by atoms with Crippen LogP contribution in [0.3, 0.4) is 0 Å². The number of carbonyl (C=O) groups is 1. The van der Waals surface area contributed by atoms with E-state index >= 15 is 0 Å². The molecule has 0 unspecified atom stereocenters. The number of nitrogens with one attached hydrogen (secondary N) is 1. The number of piperidine rings is 2. The molecule has 0 radical (unpaired) electrons. The predicted molar refractivity (Wildman–Crippen MR) is 77.8 cm³/mol. The summed E-state index contributed by atoms with van der Waals surface area (Å²) < 4.78 is 24.6. The minimum Gasteiger partial charge on any atom is -0.353 e. The van der Waals surface area contributed by atoms with E-state index < -0.39 is 10.0 Å². The van der Waals surface area contributed by atoms with Crippen molar-refractivity contribution in [2.75, 3.05) is 39.5 Å². The third-order valence-electron chi connectivity index (χ3n) is 4.29. The lowest BCUT2D eigenvalue weighted by molar-refractivity contribution is -0.127. The van der Waals surface area contributed by atoms with Crippen LogP contribution >= 0.6 is 0 Å². The van der Waals surface area contributed by atoms with Gasteiger partial charge >= 0.3 is 0 Å². The average molecular weight is 303 g/mol. The SMILES string of the molecule is CN1CCC(NC(=O)[C@@H]2CCCN(S(C)(=O)=O)C2)CC1. The third-order valence-corrected chi connectivity index (χ3v) is 5.56. The van der Waals surface area contributed by atoms with Gasteiger partial charge in [0.25, 0.3) is 0 Å². The van der Waals surface area contributed by atoms with E-state index in [9.17, 15) is 13.2 Å². The van der Waals surface area contributed by atoms with Crippen molar-refractivity contribution in [1.82, 2.24) is 14.5 Å². The van der Waals surface area contributed by atoms with Gasteiger partial charge in [0, 0.05) is 19.1 Å². The molecule has 2 heterocycles. The first-order chi connectivity index (χ1) is 9.36. The molecule has 6 nitrogen and oxygen atoms in total. The normalized spacial score (nSPS) is 27.4. The Morgan fingerprint density at radius 3 is 2.40 bits per heavy atom. The second kappa shape index (κ2) is 6.41. The summed E-state index contributed by atoms with van der Waals surface area (Å²) in [4.78, 5) is 14.5. The van der Waals surface area contributed by atoms with Crippen LogP contribution in [0.5, 0.6) is 0 Å². The van der Waals surface area contributed by atoms with Gasteiger partial charge in [0.15, 0.2) is 0 Å². The minimum absolute atomic E-state index is 0.0212. The highest BCUT2D eigenvalue weighted by molar-refractivity contribution is 7.88. The third kappa shape index (κ3) is 4.17. The summed E-state index contributed by atoms with van der Waals surface area (Å²) in [7, 11) is -1.10. The van der Waals surface area contributed by atoms with E-state index in [1.165, 1.54) is 10.6 Å². The Morgan fingerprint density at radius 2 is 1.80 bits per heavy atom. The molecule has 1 atom stereocenters. The molecule has 0 aromatic carbocycles. The fraction of sp³-hybridized carbons (Fsp3) is 0.923. The molecule has 7 heteroatoms. The van der Waals surface area contributed by atoms with Crippen molar-refractivity contribution in [2.45, 2.75) is 31.7 Å². The van der Waals surface area contributed by atoms with E-state index in [0.717, 1.165) is 38.8 Å². The zero-order valence-corrected chi connectivity index (χ0v) is 13.2. The minimum atomic E-state index is -3.19. The first kappa shape index (κ1) is 15.7. The fourth-order valence-corrected chi connectivity index (χ4v) is 3.84. The maximum atomic E-state index is 12.3. The molecular weight excluding hydrogens is 278 g/mol. The van der Waals surface area contributed by atoms with Gasteiger partial charge < -0.3 is 10.2 Å². The highest BCUT2D eigenvalue weighted by Gasteiger charge is 2.31. The first-order valence-corrected chi connectivity index (χ1v) is 9.15. The average Bonchev–Trinajstić information content (AvgIpc) is 2.40. The standard InChI is InChI=1S/C13H25N3O3S/c1-15-8-5-12(6-9-15)14-13(17)11-4-3-7-16(10-11)20(2,18)19/h11-12H,3-10H2,1-2H3,(H,14,17)/t11-/m1/s1. The van der Waals surface area contributed by atoms with Crippen molar-refractivity contribution in [3.05, 3.63) is 0 Å². The summed E-state index contributed by atoms with van der Waals surface area (Å²) in [5, 5.41) is 3.09. The molecule has 2 rings (SSSR count). The Balaban J connectivity index is 1.86. The number of amides is 1. The van der Waals surface area contributed by atoms with Crippen LogP contribution in [0.4, 0.5) is 0 Å². The molecule has 0 aromatic rings. The summed E-state index contributed by atoms with van der Waals surface area (Å²) in [6.07, 6.45) is 4.71. The highest BCUT2D eigenvalue weighted by Crippen LogP contribution is 2.19. The van der Waals surface area contributed by atoms with Gasteiger partial charge in [-0.05, 0) is 45.8 Å². The molecule has 0 aromatic heterocycles. The van der Waals surface area contributed by atoms with Crippen molar-refractivity contribution in [1.29, 1.82) is 0 Å². The van der Waals surface area contributed by atoms with Gasteiger partial charge in [0.2, 0.25) is 15.9 Å². The van der Waals surface area contributed by atoms with Gasteiger partial charge in [-0.2, -0.15) is 0 Å². The molecule has 0 saturated carbocycles. The topological polar surface area (TPSA) is 69.7 Å². The quantitative estimate of drug-likeness (QED) is 0.788. The van der Waals surface area contributed by atoms with Crippen molar-refractivity contribution >= 4 is 15.9 Å². The molecule has 1 amide bonds. The van der Waals surface area contributed by atoms with Crippen LogP contribution in [0.25, 0.3) is 0 Å². The monoisotopic (exact) mass is 303 g/mol. The molecule has 2 fully saturated rings. The van der Waals surface area contributed by atoms with Crippen molar-refractivity contribution < 1.29 is 13.2 Å². The van der Waals surface area contributed by atoms with Gasteiger partial charge in [0.1, 0.15) is 0 Å². The van der Waals surface area contributed by atoms with Crippen LogP contribution in [0.1, 0.15) is 25.7 Å². The van der Waals surface area contributed by atoms with Crippen LogP contribution < -0.4 is 5.32 Å². The van der Waals surface area contributed by atoms with E-state index in [0.29, 0.717) is 13.1 Å². The maximum absolute atomic E-state index is 12.3. The molecule has 0 aliphatic carbocycles. The van der Waals surface area contributed by atoms with E-state index in [-0.39, 0.29) is 17.9 Å². The fourth-order valence-electron chi connectivity index (χ4n) is 2.93. The number of nitrogens with zero attached hydrogens (tertiary/aromatic N) is 2. The van der Waals surface area contributed by atoms with Crippen LogP contribution in [0.2, 0.25) is 0 Å². The smallest absolute Gasteiger partial charge is 0.224 e. The molecular formula is C13H25N3O3S. The first-order valence-electron chi connectivity index (χ1n) is 7.30. The molecule has 116 valence electrons. The van der Waals surface area contributed by atoms with Gasteiger partial charge in [-0.15, -0.1) is 0 Å². The molecule has 20 heavy (non-hydrogen) atoms. The van der Waals surface area contributed by atoms with E-state index in [4.69, 9.17) is 0 Å². The molecule has 2 aliphatic heterocycles. The van der Waals surface area contributed by atoms with E-state index in [1.54, 1.807) is 0 Å². The number of rotatable bonds is 3. The van der Waals surface area contributed by atoms with Crippen LogP contribution in [-0.4, -0.2) is 69.1 Å². The Kier molecular flexibility index (Phi) is 5.04. The summed E-state index contributed by atoms with van der Waals surface area (Å²) >= 11 is 0. The van der Waals surface area contributed by atoms with Gasteiger partial charge in [-0.25, -0.2) is 12.7 Å². The molecule has 1 N–H and O–H groups in total.